The van der Waals surface area contributed by atoms with Gasteiger partial charge in [0.2, 0.25) is 0 Å². The van der Waals surface area contributed by atoms with Gasteiger partial charge in [0.1, 0.15) is 12.4 Å². The van der Waals surface area contributed by atoms with Crippen molar-refractivity contribution in [1.82, 2.24) is 9.97 Å². The average Bonchev–Trinajstić information content (AvgIpc) is 2.91. The molecule has 0 atom stereocenters. The molecule has 0 radical (unpaired) electrons. The number of benzene rings is 1. The third kappa shape index (κ3) is 3.37. The number of aromatic amines is 1. The molecule has 0 aliphatic rings. The maximum Gasteiger partial charge on any atom is 0.161 e. The van der Waals surface area contributed by atoms with Gasteiger partial charge in [-0.05, 0) is 37.6 Å². The Kier molecular flexibility index (Phi) is 4.23. The fourth-order valence-corrected chi connectivity index (χ4v) is 1.67. The predicted octanol–water partition coefficient (Wildman–Crippen LogP) is 3.43. The highest BCUT2D eigenvalue weighted by atomic mass is 16.5. The van der Waals surface area contributed by atoms with E-state index in [4.69, 9.17) is 9.47 Å². The predicted molar refractivity (Wildman–Crippen MR) is 75.5 cm³/mol. The van der Waals surface area contributed by atoms with Gasteiger partial charge in [0, 0.05) is 18.0 Å². The molecule has 0 saturated heterocycles. The van der Waals surface area contributed by atoms with Crippen molar-refractivity contribution in [1.29, 1.82) is 0 Å². The number of hydrogen-bond acceptors (Lipinski definition) is 3. The monoisotopic (exact) mass is 258 g/mol. The summed E-state index contributed by atoms with van der Waals surface area (Å²) in [4.78, 5) is 7.30. The lowest BCUT2D eigenvalue weighted by atomic mass is 10.2. The fraction of sp³-hybridized carbons (Fsp3) is 0.267. The Bertz CT molecular complexity index is 547. The van der Waals surface area contributed by atoms with E-state index in [9.17, 15) is 0 Å². The summed E-state index contributed by atoms with van der Waals surface area (Å²) in [6.07, 6.45) is 3.52. The van der Waals surface area contributed by atoms with Crippen molar-refractivity contribution < 1.29 is 9.47 Å². The molecule has 2 rings (SSSR count). The van der Waals surface area contributed by atoms with Crippen molar-refractivity contribution in [3.8, 4) is 22.9 Å². The standard InChI is InChI=1S/C15H18N2O2/c1-4-18-14-9-12(15-16-7-8-17-15)5-6-13(14)19-10-11(2)3/h5-9H,2,4,10H2,1,3H3,(H,16,17). The van der Waals surface area contributed by atoms with Crippen LogP contribution in [0, 0.1) is 0 Å². The quantitative estimate of drug-likeness (QED) is 0.807. The Morgan fingerprint density at radius 3 is 2.79 bits per heavy atom. The zero-order valence-electron chi connectivity index (χ0n) is 11.3. The first kappa shape index (κ1) is 13.2. The number of rotatable bonds is 6. The van der Waals surface area contributed by atoms with Crippen LogP contribution >= 0.6 is 0 Å². The third-order valence-electron chi connectivity index (χ3n) is 2.49. The lowest BCUT2D eigenvalue weighted by molar-refractivity contribution is 0.293. The molecule has 1 heterocycles. The molecule has 1 aromatic carbocycles. The molecule has 0 fully saturated rings. The summed E-state index contributed by atoms with van der Waals surface area (Å²) in [7, 11) is 0. The molecule has 0 bridgehead atoms. The molecule has 1 N–H and O–H groups in total. The van der Waals surface area contributed by atoms with Crippen LogP contribution in [0.5, 0.6) is 11.5 Å². The Morgan fingerprint density at radius 2 is 2.16 bits per heavy atom. The van der Waals surface area contributed by atoms with E-state index in [2.05, 4.69) is 16.5 Å². The van der Waals surface area contributed by atoms with Crippen LogP contribution < -0.4 is 9.47 Å². The number of nitrogens with zero attached hydrogens (tertiary/aromatic N) is 1. The first-order valence-corrected chi connectivity index (χ1v) is 6.24. The Morgan fingerprint density at radius 1 is 1.32 bits per heavy atom. The van der Waals surface area contributed by atoms with Crippen molar-refractivity contribution in [3.05, 3.63) is 42.7 Å². The lowest BCUT2D eigenvalue weighted by Crippen LogP contribution is -2.01. The summed E-state index contributed by atoms with van der Waals surface area (Å²) in [6.45, 7) is 8.77. The molecule has 100 valence electrons. The minimum atomic E-state index is 0.486. The third-order valence-corrected chi connectivity index (χ3v) is 2.49. The van der Waals surface area contributed by atoms with Crippen molar-refractivity contribution in [2.24, 2.45) is 0 Å². The van der Waals surface area contributed by atoms with E-state index < -0.39 is 0 Å². The van der Waals surface area contributed by atoms with Crippen LogP contribution in [0.25, 0.3) is 11.4 Å². The molecule has 0 amide bonds. The number of imidazole rings is 1. The molecule has 4 nitrogen and oxygen atoms in total. The smallest absolute Gasteiger partial charge is 0.161 e. The molecular formula is C15H18N2O2. The van der Waals surface area contributed by atoms with Crippen molar-refractivity contribution in [2.75, 3.05) is 13.2 Å². The highest BCUT2D eigenvalue weighted by molar-refractivity contribution is 5.61. The second-order valence-corrected chi connectivity index (χ2v) is 4.28. The van der Waals surface area contributed by atoms with E-state index in [1.54, 1.807) is 12.4 Å². The maximum absolute atomic E-state index is 5.67. The average molecular weight is 258 g/mol. The molecule has 0 spiro atoms. The zero-order chi connectivity index (χ0) is 13.7. The normalized spacial score (nSPS) is 10.2. The highest BCUT2D eigenvalue weighted by Crippen LogP contribution is 2.31. The molecule has 0 aliphatic heterocycles. The van der Waals surface area contributed by atoms with Crippen LogP contribution in [0.3, 0.4) is 0 Å². The van der Waals surface area contributed by atoms with E-state index in [1.807, 2.05) is 32.0 Å². The van der Waals surface area contributed by atoms with Crippen molar-refractivity contribution in [3.63, 3.8) is 0 Å². The highest BCUT2D eigenvalue weighted by Gasteiger charge is 2.09. The van der Waals surface area contributed by atoms with Gasteiger partial charge in [-0.15, -0.1) is 0 Å². The topological polar surface area (TPSA) is 47.1 Å². The Hall–Kier alpha value is -2.23. The van der Waals surface area contributed by atoms with Crippen molar-refractivity contribution in [2.45, 2.75) is 13.8 Å². The van der Waals surface area contributed by atoms with E-state index in [-0.39, 0.29) is 0 Å². The van der Waals surface area contributed by atoms with Crippen LogP contribution in [0.4, 0.5) is 0 Å². The minimum absolute atomic E-state index is 0.486. The zero-order valence-corrected chi connectivity index (χ0v) is 11.3. The van der Waals surface area contributed by atoms with Gasteiger partial charge in [-0.3, -0.25) is 0 Å². The van der Waals surface area contributed by atoms with Crippen LogP contribution in [0.2, 0.25) is 0 Å². The lowest BCUT2D eigenvalue weighted by Gasteiger charge is -2.12. The summed E-state index contributed by atoms with van der Waals surface area (Å²) in [6, 6.07) is 5.77. The Labute approximate surface area is 113 Å². The molecule has 0 saturated carbocycles. The molecule has 0 unspecified atom stereocenters. The Balaban J connectivity index is 2.27. The van der Waals surface area contributed by atoms with Crippen LogP contribution in [0.15, 0.2) is 42.7 Å². The molecule has 4 heteroatoms. The number of H-pyrrole nitrogens is 1. The summed E-state index contributed by atoms with van der Waals surface area (Å²) in [5.41, 5.74) is 1.94. The van der Waals surface area contributed by atoms with Gasteiger partial charge in [-0.2, -0.15) is 0 Å². The molecule has 19 heavy (non-hydrogen) atoms. The minimum Gasteiger partial charge on any atom is -0.490 e. The van der Waals surface area contributed by atoms with Gasteiger partial charge in [-0.1, -0.05) is 6.58 Å². The maximum atomic E-state index is 5.67. The van der Waals surface area contributed by atoms with Crippen LogP contribution in [0.1, 0.15) is 13.8 Å². The second kappa shape index (κ2) is 6.09. The number of nitrogens with one attached hydrogen (secondary N) is 1. The summed E-state index contributed by atoms with van der Waals surface area (Å²) >= 11 is 0. The second-order valence-electron chi connectivity index (χ2n) is 4.28. The van der Waals surface area contributed by atoms with E-state index in [0.717, 1.165) is 28.5 Å². The fourth-order valence-electron chi connectivity index (χ4n) is 1.67. The number of hydrogen-bond donors (Lipinski definition) is 1. The van der Waals surface area contributed by atoms with Gasteiger partial charge in [0.25, 0.3) is 0 Å². The first-order valence-electron chi connectivity index (χ1n) is 6.24. The van der Waals surface area contributed by atoms with Gasteiger partial charge < -0.3 is 14.5 Å². The van der Waals surface area contributed by atoms with Crippen molar-refractivity contribution >= 4 is 0 Å². The first-order chi connectivity index (χ1) is 9.20. The van der Waals surface area contributed by atoms with Gasteiger partial charge in [0.05, 0.1) is 6.61 Å². The SMILES string of the molecule is C=C(C)COc1ccc(-c2ncc[nH]2)cc1OCC. The van der Waals surface area contributed by atoms with Gasteiger partial charge in [0.15, 0.2) is 11.5 Å². The summed E-state index contributed by atoms with van der Waals surface area (Å²) in [5.74, 6) is 2.25. The van der Waals surface area contributed by atoms with Crippen LogP contribution in [-0.4, -0.2) is 23.2 Å². The van der Waals surface area contributed by atoms with Gasteiger partial charge >= 0.3 is 0 Å². The molecule has 0 aliphatic carbocycles. The molecular weight excluding hydrogens is 240 g/mol. The van der Waals surface area contributed by atoms with E-state index in [1.165, 1.54) is 0 Å². The number of aromatic nitrogens is 2. The number of ether oxygens (including phenoxy) is 2. The largest absolute Gasteiger partial charge is 0.490 e. The van der Waals surface area contributed by atoms with Crippen LogP contribution in [-0.2, 0) is 0 Å². The van der Waals surface area contributed by atoms with Gasteiger partial charge in [-0.25, -0.2) is 4.98 Å². The summed E-state index contributed by atoms with van der Waals surface area (Å²) < 4.78 is 11.3. The molecule has 1 aromatic heterocycles. The summed E-state index contributed by atoms with van der Waals surface area (Å²) in [5, 5.41) is 0. The molecule has 2 aromatic rings. The van der Waals surface area contributed by atoms with E-state index in [0.29, 0.717) is 13.2 Å². The van der Waals surface area contributed by atoms with E-state index >= 15 is 0 Å².